The molecule has 1 saturated carbocycles. The molecule has 1 aromatic heterocycles. The predicted octanol–water partition coefficient (Wildman–Crippen LogP) is 2.10. The number of ether oxygens (including phenoxy) is 2. The molecule has 1 saturated heterocycles. The highest BCUT2D eigenvalue weighted by Crippen LogP contribution is 2.35. The van der Waals surface area contributed by atoms with Crippen LogP contribution in [0.15, 0.2) is 35.7 Å². The van der Waals surface area contributed by atoms with Crippen molar-refractivity contribution < 1.29 is 18.7 Å². The maximum Gasteiger partial charge on any atom is 0.257 e. The number of hydrogen-bond acceptors (Lipinski definition) is 4. The lowest BCUT2D eigenvalue weighted by Crippen LogP contribution is -2.51. The van der Waals surface area contributed by atoms with Gasteiger partial charge >= 0.3 is 0 Å². The molecule has 2 aliphatic rings. The number of rotatable bonds is 5. The summed E-state index contributed by atoms with van der Waals surface area (Å²) in [6.07, 6.45) is 6.82. The first-order valence-electron chi connectivity index (χ1n) is 7.43. The monoisotopic (exact) mass is 291 g/mol. The van der Waals surface area contributed by atoms with Crippen LogP contribution in [0.1, 0.15) is 23.2 Å². The van der Waals surface area contributed by atoms with E-state index in [-0.39, 0.29) is 18.1 Å². The smallest absolute Gasteiger partial charge is 0.257 e. The number of amides is 1. The molecule has 0 spiro atoms. The highest BCUT2D eigenvalue weighted by molar-refractivity contribution is 5.94. The van der Waals surface area contributed by atoms with E-state index in [0.29, 0.717) is 37.8 Å². The van der Waals surface area contributed by atoms with E-state index in [2.05, 4.69) is 6.58 Å². The Bertz CT molecular complexity index is 484. The molecule has 0 bridgehead atoms. The molecule has 2 fully saturated rings. The number of morpholine rings is 1. The van der Waals surface area contributed by atoms with Crippen LogP contribution in [0, 0.1) is 5.92 Å². The summed E-state index contributed by atoms with van der Waals surface area (Å²) in [4.78, 5) is 14.5. The second-order valence-corrected chi connectivity index (χ2v) is 5.65. The highest BCUT2D eigenvalue weighted by atomic mass is 16.5. The van der Waals surface area contributed by atoms with Crippen molar-refractivity contribution in [3.63, 3.8) is 0 Å². The molecule has 0 aromatic carbocycles. The van der Waals surface area contributed by atoms with E-state index in [1.807, 2.05) is 4.90 Å². The molecule has 2 heterocycles. The van der Waals surface area contributed by atoms with Crippen molar-refractivity contribution in [3.05, 3.63) is 36.8 Å². The lowest BCUT2D eigenvalue weighted by atomic mass is 10.1. The fourth-order valence-electron chi connectivity index (χ4n) is 3.31. The summed E-state index contributed by atoms with van der Waals surface area (Å²) in [6, 6.07) is 1.87. The Kier molecular flexibility index (Phi) is 4.41. The molecular weight excluding hydrogens is 270 g/mol. The van der Waals surface area contributed by atoms with Crippen molar-refractivity contribution in [1.29, 1.82) is 0 Å². The van der Waals surface area contributed by atoms with Gasteiger partial charge < -0.3 is 18.8 Å². The van der Waals surface area contributed by atoms with Crippen LogP contribution in [0.5, 0.6) is 0 Å². The van der Waals surface area contributed by atoms with Gasteiger partial charge in [-0.1, -0.05) is 6.08 Å². The second-order valence-electron chi connectivity index (χ2n) is 5.65. The molecule has 21 heavy (non-hydrogen) atoms. The lowest BCUT2D eigenvalue weighted by Gasteiger charge is -2.37. The van der Waals surface area contributed by atoms with Gasteiger partial charge in [-0.15, -0.1) is 6.58 Å². The fraction of sp³-hybridized carbons (Fsp3) is 0.562. The van der Waals surface area contributed by atoms with Crippen LogP contribution in [-0.4, -0.2) is 49.3 Å². The molecule has 1 amide bonds. The van der Waals surface area contributed by atoms with Crippen molar-refractivity contribution in [2.24, 2.45) is 5.92 Å². The highest BCUT2D eigenvalue weighted by Gasteiger charge is 2.43. The lowest BCUT2D eigenvalue weighted by molar-refractivity contribution is -0.0449. The van der Waals surface area contributed by atoms with Gasteiger partial charge in [-0.3, -0.25) is 4.79 Å². The van der Waals surface area contributed by atoms with Crippen LogP contribution < -0.4 is 0 Å². The third kappa shape index (κ3) is 3.04. The number of hydrogen-bond donors (Lipinski definition) is 0. The maximum absolute atomic E-state index is 12.5. The minimum Gasteiger partial charge on any atom is -0.472 e. The molecule has 1 aliphatic heterocycles. The van der Waals surface area contributed by atoms with Gasteiger partial charge in [0.15, 0.2) is 0 Å². The number of furan rings is 1. The zero-order valence-electron chi connectivity index (χ0n) is 12.1. The number of carbonyl (C=O) groups is 1. The minimum atomic E-state index is 0.0368. The molecule has 114 valence electrons. The molecule has 5 nitrogen and oxygen atoms in total. The van der Waals surface area contributed by atoms with Crippen LogP contribution >= 0.6 is 0 Å². The largest absolute Gasteiger partial charge is 0.472 e. The summed E-state index contributed by atoms with van der Waals surface area (Å²) in [7, 11) is 0. The Morgan fingerprint density at radius 3 is 3.19 bits per heavy atom. The van der Waals surface area contributed by atoms with Gasteiger partial charge in [-0.2, -0.15) is 0 Å². The predicted molar refractivity (Wildman–Crippen MR) is 77.0 cm³/mol. The zero-order valence-corrected chi connectivity index (χ0v) is 12.1. The quantitative estimate of drug-likeness (QED) is 0.616. The van der Waals surface area contributed by atoms with E-state index < -0.39 is 0 Å². The third-order valence-electron chi connectivity index (χ3n) is 4.25. The molecule has 0 unspecified atom stereocenters. The van der Waals surface area contributed by atoms with Gasteiger partial charge in [0, 0.05) is 13.2 Å². The van der Waals surface area contributed by atoms with Crippen LogP contribution in [-0.2, 0) is 9.47 Å². The van der Waals surface area contributed by atoms with Crippen molar-refractivity contribution in [2.45, 2.75) is 25.0 Å². The minimum absolute atomic E-state index is 0.0368. The Morgan fingerprint density at radius 2 is 2.43 bits per heavy atom. The standard InChI is InChI=1S/C16H21NO4/c1-2-5-19-10-12-8-14-15(9-12)21-7-4-17(14)16(18)13-3-6-20-11-13/h2-3,6,11-12,14-15H,1,4-5,7-10H2/t12-,14+,15-/m0/s1. The molecule has 1 aromatic rings. The summed E-state index contributed by atoms with van der Waals surface area (Å²) < 4.78 is 16.4. The summed E-state index contributed by atoms with van der Waals surface area (Å²) in [5.74, 6) is 0.479. The van der Waals surface area contributed by atoms with Crippen LogP contribution in [0.4, 0.5) is 0 Å². The third-order valence-corrected chi connectivity index (χ3v) is 4.25. The van der Waals surface area contributed by atoms with Gasteiger partial charge in [0.1, 0.15) is 6.26 Å². The summed E-state index contributed by atoms with van der Waals surface area (Å²) in [5.41, 5.74) is 0.613. The van der Waals surface area contributed by atoms with E-state index in [1.54, 1.807) is 12.1 Å². The summed E-state index contributed by atoms with van der Waals surface area (Å²) in [6.45, 7) is 6.17. The Labute approximate surface area is 124 Å². The van der Waals surface area contributed by atoms with Gasteiger partial charge in [0.2, 0.25) is 0 Å². The first kappa shape index (κ1) is 14.4. The van der Waals surface area contributed by atoms with Crippen LogP contribution in [0.2, 0.25) is 0 Å². The van der Waals surface area contributed by atoms with Gasteiger partial charge in [0.05, 0.1) is 37.2 Å². The molecule has 5 heteroatoms. The number of fused-ring (bicyclic) bond motifs is 1. The second kappa shape index (κ2) is 6.45. The normalized spacial score (nSPS) is 28.4. The summed E-state index contributed by atoms with van der Waals surface area (Å²) >= 11 is 0. The van der Waals surface area contributed by atoms with Crippen molar-refractivity contribution >= 4 is 5.91 Å². The number of carbonyl (C=O) groups excluding carboxylic acids is 1. The summed E-state index contributed by atoms with van der Waals surface area (Å²) in [5, 5.41) is 0. The fourth-order valence-corrected chi connectivity index (χ4v) is 3.31. The number of nitrogens with zero attached hydrogens (tertiary/aromatic N) is 1. The topological polar surface area (TPSA) is 51.9 Å². The van der Waals surface area contributed by atoms with Crippen LogP contribution in [0.3, 0.4) is 0 Å². The Morgan fingerprint density at radius 1 is 1.52 bits per heavy atom. The molecule has 1 aliphatic carbocycles. The molecule has 3 rings (SSSR count). The van der Waals surface area contributed by atoms with E-state index in [4.69, 9.17) is 13.9 Å². The average Bonchev–Trinajstić information content (AvgIpc) is 3.15. The molecule has 0 radical (unpaired) electrons. The average molecular weight is 291 g/mol. The van der Waals surface area contributed by atoms with E-state index in [0.717, 1.165) is 12.8 Å². The van der Waals surface area contributed by atoms with E-state index in [1.165, 1.54) is 12.5 Å². The first-order chi connectivity index (χ1) is 10.3. The van der Waals surface area contributed by atoms with E-state index in [9.17, 15) is 4.79 Å². The van der Waals surface area contributed by atoms with Gasteiger partial charge in [-0.05, 0) is 24.8 Å². The van der Waals surface area contributed by atoms with Gasteiger partial charge in [0.25, 0.3) is 5.91 Å². The van der Waals surface area contributed by atoms with Gasteiger partial charge in [-0.25, -0.2) is 0 Å². The van der Waals surface area contributed by atoms with Crippen LogP contribution in [0.25, 0.3) is 0 Å². The van der Waals surface area contributed by atoms with Crippen molar-refractivity contribution in [2.75, 3.05) is 26.4 Å². The zero-order chi connectivity index (χ0) is 14.7. The molecule has 3 atom stereocenters. The van der Waals surface area contributed by atoms with Crippen molar-refractivity contribution in [3.8, 4) is 0 Å². The Balaban J connectivity index is 1.64. The maximum atomic E-state index is 12.5. The molecular formula is C16H21NO4. The van der Waals surface area contributed by atoms with Crippen molar-refractivity contribution in [1.82, 2.24) is 4.90 Å². The first-order valence-corrected chi connectivity index (χ1v) is 7.43. The molecule has 0 N–H and O–H groups in total. The SMILES string of the molecule is C=CCOC[C@@H]1C[C@@H]2OCCN(C(=O)c3ccoc3)[C@@H]2C1. The van der Waals surface area contributed by atoms with E-state index >= 15 is 0 Å². The Hall–Kier alpha value is -1.59.